The van der Waals surface area contributed by atoms with E-state index in [1.54, 1.807) is 24.7 Å². The molecule has 0 unspecified atom stereocenters. The zero-order valence-corrected chi connectivity index (χ0v) is 13.8. The quantitative estimate of drug-likeness (QED) is 0.552. The fourth-order valence-electron chi connectivity index (χ4n) is 2.16. The Kier molecular flexibility index (Phi) is 4.68. The number of anilines is 1. The molecule has 0 saturated heterocycles. The third kappa shape index (κ3) is 3.76. The molecule has 5 heteroatoms. The number of rotatable bonds is 5. The van der Waals surface area contributed by atoms with E-state index in [4.69, 9.17) is 4.74 Å². The number of methoxy groups -OCH3 is 1. The standard InChI is InChI=1S/C18H17N3OS/c1-13-17(15-8-10-16(22-2)11-9-15)20-18(23-13)21-19-12-14-6-4-3-5-7-14/h3-12H,1-2H3,(H,20,21)/b19-12+. The van der Waals surface area contributed by atoms with Crippen molar-refractivity contribution in [1.82, 2.24) is 4.98 Å². The van der Waals surface area contributed by atoms with Crippen LogP contribution in [-0.4, -0.2) is 18.3 Å². The van der Waals surface area contributed by atoms with Crippen molar-refractivity contribution in [1.29, 1.82) is 0 Å². The molecule has 0 aliphatic carbocycles. The van der Waals surface area contributed by atoms with Crippen molar-refractivity contribution in [3.8, 4) is 17.0 Å². The highest BCUT2D eigenvalue weighted by atomic mass is 32.1. The van der Waals surface area contributed by atoms with Crippen LogP contribution < -0.4 is 10.2 Å². The Hall–Kier alpha value is -2.66. The van der Waals surface area contributed by atoms with Gasteiger partial charge in [-0.25, -0.2) is 4.98 Å². The van der Waals surface area contributed by atoms with Crippen molar-refractivity contribution in [3.63, 3.8) is 0 Å². The Balaban J connectivity index is 1.74. The molecule has 4 nitrogen and oxygen atoms in total. The van der Waals surface area contributed by atoms with Gasteiger partial charge in [0.2, 0.25) is 5.13 Å². The highest BCUT2D eigenvalue weighted by Crippen LogP contribution is 2.31. The van der Waals surface area contributed by atoms with E-state index in [1.807, 2.05) is 54.6 Å². The average molecular weight is 323 g/mol. The zero-order chi connectivity index (χ0) is 16.1. The fourth-order valence-corrected chi connectivity index (χ4v) is 2.95. The number of aromatic nitrogens is 1. The normalized spacial score (nSPS) is 10.9. The molecule has 0 amide bonds. The van der Waals surface area contributed by atoms with Crippen molar-refractivity contribution in [2.75, 3.05) is 12.5 Å². The molecule has 1 aromatic heterocycles. The van der Waals surface area contributed by atoms with Gasteiger partial charge in [0.25, 0.3) is 0 Å². The van der Waals surface area contributed by atoms with Crippen LogP contribution in [0, 0.1) is 6.92 Å². The van der Waals surface area contributed by atoms with Crippen LogP contribution in [0.3, 0.4) is 0 Å². The van der Waals surface area contributed by atoms with Gasteiger partial charge in [-0.3, -0.25) is 5.43 Å². The second-order valence-electron chi connectivity index (χ2n) is 4.93. The first-order chi connectivity index (χ1) is 11.3. The summed E-state index contributed by atoms with van der Waals surface area (Å²) in [6.45, 7) is 2.06. The summed E-state index contributed by atoms with van der Waals surface area (Å²) in [5.41, 5.74) is 6.08. The van der Waals surface area contributed by atoms with Crippen LogP contribution in [0.4, 0.5) is 5.13 Å². The highest BCUT2D eigenvalue weighted by molar-refractivity contribution is 7.15. The molecular weight excluding hydrogens is 306 g/mol. The number of nitrogens with one attached hydrogen (secondary N) is 1. The van der Waals surface area contributed by atoms with E-state index in [-0.39, 0.29) is 0 Å². The Bertz CT molecular complexity index is 795. The molecule has 1 heterocycles. The van der Waals surface area contributed by atoms with E-state index in [0.717, 1.165) is 32.6 Å². The number of hydrogen-bond donors (Lipinski definition) is 1. The lowest BCUT2D eigenvalue weighted by atomic mass is 10.1. The predicted octanol–water partition coefficient (Wildman–Crippen LogP) is 4.57. The van der Waals surface area contributed by atoms with Crippen LogP contribution in [0.25, 0.3) is 11.3 Å². The number of ether oxygens (including phenoxy) is 1. The highest BCUT2D eigenvalue weighted by Gasteiger charge is 2.09. The van der Waals surface area contributed by atoms with Crippen LogP contribution in [-0.2, 0) is 0 Å². The molecule has 0 aliphatic heterocycles. The number of nitrogens with zero attached hydrogens (tertiary/aromatic N) is 2. The van der Waals surface area contributed by atoms with Crippen molar-refractivity contribution >= 4 is 22.7 Å². The Labute approximate surface area is 139 Å². The second kappa shape index (κ2) is 7.07. The minimum Gasteiger partial charge on any atom is -0.497 e. The lowest BCUT2D eigenvalue weighted by Crippen LogP contribution is -1.90. The first-order valence-corrected chi connectivity index (χ1v) is 8.04. The van der Waals surface area contributed by atoms with Gasteiger partial charge >= 0.3 is 0 Å². The average Bonchev–Trinajstić information content (AvgIpc) is 2.97. The van der Waals surface area contributed by atoms with Gasteiger partial charge in [0.05, 0.1) is 19.0 Å². The molecule has 116 valence electrons. The van der Waals surface area contributed by atoms with Gasteiger partial charge in [0.1, 0.15) is 5.75 Å². The van der Waals surface area contributed by atoms with Crippen molar-refractivity contribution < 1.29 is 4.74 Å². The molecular formula is C18H17N3OS. The van der Waals surface area contributed by atoms with Crippen LogP contribution in [0.1, 0.15) is 10.4 Å². The Morgan fingerprint density at radius 1 is 1.09 bits per heavy atom. The van der Waals surface area contributed by atoms with Crippen molar-refractivity contribution in [3.05, 3.63) is 65.0 Å². The lowest BCUT2D eigenvalue weighted by molar-refractivity contribution is 0.415. The Morgan fingerprint density at radius 2 is 1.83 bits per heavy atom. The molecule has 3 aromatic rings. The SMILES string of the molecule is COc1ccc(-c2nc(N/N=C/c3ccccc3)sc2C)cc1. The van der Waals surface area contributed by atoms with Crippen molar-refractivity contribution in [2.24, 2.45) is 5.10 Å². The van der Waals surface area contributed by atoms with Gasteiger partial charge < -0.3 is 4.74 Å². The number of aryl methyl sites for hydroxylation is 1. The maximum absolute atomic E-state index is 5.19. The molecule has 0 atom stereocenters. The Morgan fingerprint density at radius 3 is 2.52 bits per heavy atom. The summed E-state index contributed by atoms with van der Waals surface area (Å²) in [5, 5.41) is 5.02. The molecule has 0 aliphatic rings. The third-order valence-electron chi connectivity index (χ3n) is 3.33. The summed E-state index contributed by atoms with van der Waals surface area (Å²) >= 11 is 1.59. The van der Waals surface area contributed by atoms with Gasteiger partial charge in [-0.15, -0.1) is 11.3 Å². The molecule has 0 saturated carbocycles. The number of hydrazone groups is 1. The van der Waals surface area contributed by atoms with Gasteiger partial charge in [-0.2, -0.15) is 5.10 Å². The minimum atomic E-state index is 0.778. The van der Waals surface area contributed by atoms with Gasteiger partial charge in [0.15, 0.2) is 0 Å². The van der Waals surface area contributed by atoms with Crippen LogP contribution in [0.15, 0.2) is 59.7 Å². The second-order valence-corrected chi connectivity index (χ2v) is 6.14. The van der Waals surface area contributed by atoms with Crippen LogP contribution >= 0.6 is 11.3 Å². The van der Waals surface area contributed by atoms with E-state index < -0.39 is 0 Å². The number of thiazole rings is 1. The first-order valence-electron chi connectivity index (χ1n) is 7.22. The molecule has 3 rings (SSSR count). The van der Waals surface area contributed by atoms with E-state index in [2.05, 4.69) is 22.4 Å². The maximum Gasteiger partial charge on any atom is 0.204 e. The topological polar surface area (TPSA) is 46.5 Å². The van der Waals surface area contributed by atoms with Crippen LogP contribution in [0.5, 0.6) is 5.75 Å². The number of hydrogen-bond acceptors (Lipinski definition) is 5. The van der Waals surface area contributed by atoms with Crippen molar-refractivity contribution in [2.45, 2.75) is 6.92 Å². The lowest BCUT2D eigenvalue weighted by Gasteiger charge is -2.01. The zero-order valence-electron chi connectivity index (χ0n) is 13.0. The summed E-state index contributed by atoms with van der Waals surface area (Å²) in [6.07, 6.45) is 1.78. The summed E-state index contributed by atoms with van der Waals surface area (Å²) in [4.78, 5) is 5.77. The maximum atomic E-state index is 5.19. The van der Waals surface area contributed by atoms with E-state index in [1.165, 1.54) is 0 Å². The third-order valence-corrected chi connectivity index (χ3v) is 4.21. The van der Waals surface area contributed by atoms with Gasteiger partial charge in [-0.05, 0) is 36.8 Å². The number of benzene rings is 2. The summed E-state index contributed by atoms with van der Waals surface area (Å²) in [7, 11) is 1.66. The first kappa shape index (κ1) is 15.2. The van der Waals surface area contributed by atoms with E-state index >= 15 is 0 Å². The molecule has 0 spiro atoms. The smallest absolute Gasteiger partial charge is 0.204 e. The van der Waals surface area contributed by atoms with E-state index in [0.29, 0.717) is 0 Å². The molecule has 0 fully saturated rings. The monoisotopic (exact) mass is 323 g/mol. The summed E-state index contributed by atoms with van der Waals surface area (Å²) in [5.74, 6) is 0.840. The molecule has 2 aromatic carbocycles. The molecule has 23 heavy (non-hydrogen) atoms. The largest absolute Gasteiger partial charge is 0.497 e. The van der Waals surface area contributed by atoms with Crippen LogP contribution in [0.2, 0.25) is 0 Å². The van der Waals surface area contributed by atoms with Gasteiger partial charge in [0, 0.05) is 10.4 Å². The minimum absolute atomic E-state index is 0.778. The molecule has 0 bridgehead atoms. The predicted molar refractivity (Wildman–Crippen MR) is 96.5 cm³/mol. The fraction of sp³-hybridized carbons (Fsp3) is 0.111. The molecule has 0 radical (unpaired) electrons. The summed E-state index contributed by atoms with van der Waals surface area (Å²) in [6, 6.07) is 17.9. The van der Waals surface area contributed by atoms with Gasteiger partial charge in [-0.1, -0.05) is 30.3 Å². The summed E-state index contributed by atoms with van der Waals surface area (Å²) < 4.78 is 5.19. The molecule has 1 N–H and O–H groups in total. The van der Waals surface area contributed by atoms with E-state index in [9.17, 15) is 0 Å².